The summed E-state index contributed by atoms with van der Waals surface area (Å²) in [4.78, 5) is 1.07. The van der Waals surface area contributed by atoms with Crippen molar-refractivity contribution in [3.05, 3.63) is 41.2 Å². The van der Waals surface area contributed by atoms with Crippen molar-refractivity contribution in [1.29, 1.82) is 0 Å². The Hall–Kier alpha value is -1.15. The average Bonchev–Trinajstić information content (AvgIpc) is 3.16. The molecule has 0 aromatic carbocycles. The van der Waals surface area contributed by atoms with Gasteiger partial charge >= 0.3 is 0 Å². The van der Waals surface area contributed by atoms with Crippen LogP contribution in [0.5, 0.6) is 0 Å². The molecule has 0 spiro atoms. The highest BCUT2D eigenvalue weighted by Gasteiger charge is 2.23. The molecule has 0 fully saturated rings. The van der Waals surface area contributed by atoms with Gasteiger partial charge in [-0.3, -0.25) is 0 Å². The second-order valence-corrected chi connectivity index (χ2v) is 8.15. The number of sulfonamides is 1. The molecular weight excluding hydrogens is 320 g/mol. The van der Waals surface area contributed by atoms with Crippen LogP contribution < -0.4 is 5.32 Å². The van der Waals surface area contributed by atoms with Gasteiger partial charge in [0.25, 0.3) is 10.0 Å². The molecule has 0 atom stereocenters. The number of hydrogen-bond acceptors (Lipinski definition) is 5. The molecule has 2 rings (SSSR count). The quantitative estimate of drug-likeness (QED) is 0.712. The first-order valence-electron chi connectivity index (χ1n) is 7.40. The van der Waals surface area contributed by atoms with Crippen molar-refractivity contribution >= 4 is 21.4 Å². The third-order valence-electron chi connectivity index (χ3n) is 3.36. The zero-order valence-corrected chi connectivity index (χ0v) is 14.5. The Labute approximate surface area is 136 Å². The minimum Gasteiger partial charge on any atom is -0.468 e. The Balaban J connectivity index is 1.88. The predicted molar refractivity (Wildman–Crippen MR) is 88.5 cm³/mol. The van der Waals surface area contributed by atoms with E-state index in [-0.39, 0.29) is 0 Å². The molecule has 5 nitrogen and oxygen atoms in total. The summed E-state index contributed by atoms with van der Waals surface area (Å²) in [7, 11) is -3.33. The Morgan fingerprint density at radius 2 is 2.00 bits per heavy atom. The summed E-state index contributed by atoms with van der Waals surface area (Å²) >= 11 is 1.35. The van der Waals surface area contributed by atoms with Crippen LogP contribution in [0.25, 0.3) is 0 Å². The second kappa shape index (κ2) is 7.92. The topological polar surface area (TPSA) is 62.6 Å². The van der Waals surface area contributed by atoms with Gasteiger partial charge < -0.3 is 9.73 Å². The number of thiophene rings is 1. The number of hydrogen-bond donors (Lipinski definition) is 1. The van der Waals surface area contributed by atoms with E-state index in [1.54, 1.807) is 12.3 Å². The maximum atomic E-state index is 12.4. The highest BCUT2D eigenvalue weighted by atomic mass is 32.2. The van der Waals surface area contributed by atoms with Gasteiger partial charge in [-0.15, -0.1) is 11.3 Å². The SMILES string of the molecule is CCN(CC)S(=O)(=O)c1ccc(CCNCc2ccco2)s1. The highest BCUT2D eigenvalue weighted by Crippen LogP contribution is 2.25. The number of rotatable bonds is 9. The zero-order chi connectivity index (χ0) is 16.0. The van der Waals surface area contributed by atoms with Gasteiger partial charge in [0.05, 0.1) is 12.8 Å². The lowest BCUT2D eigenvalue weighted by Crippen LogP contribution is -2.29. The molecule has 0 aliphatic heterocycles. The van der Waals surface area contributed by atoms with E-state index in [1.165, 1.54) is 15.6 Å². The summed E-state index contributed by atoms with van der Waals surface area (Å²) in [5.41, 5.74) is 0. The monoisotopic (exact) mass is 342 g/mol. The normalized spacial score (nSPS) is 12.1. The first-order chi connectivity index (χ1) is 10.6. The molecule has 122 valence electrons. The van der Waals surface area contributed by atoms with E-state index in [0.717, 1.165) is 23.6 Å². The number of nitrogens with zero attached hydrogens (tertiary/aromatic N) is 1. The fraction of sp³-hybridized carbons (Fsp3) is 0.467. The van der Waals surface area contributed by atoms with Crippen molar-refractivity contribution in [3.8, 4) is 0 Å². The first-order valence-corrected chi connectivity index (χ1v) is 9.65. The Bertz CT molecular complexity index is 659. The van der Waals surface area contributed by atoms with E-state index in [4.69, 9.17) is 4.42 Å². The van der Waals surface area contributed by atoms with Gasteiger partial charge in [-0.1, -0.05) is 13.8 Å². The van der Waals surface area contributed by atoms with Crippen molar-refractivity contribution in [2.45, 2.75) is 31.0 Å². The van der Waals surface area contributed by atoms with Crippen LogP contribution in [-0.4, -0.2) is 32.4 Å². The Kier molecular flexibility index (Phi) is 6.19. The summed E-state index contributed by atoms with van der Waals surface area (Å²) in [6, 6.07) is 7.39. The molecule has 0 amide bonds. The summed E-state index contributed by atoms with van der Waals surface area (Å²) in [5.74, 6) is 0.899. The van der Waals surface area contributed by atoms with Crippen LogP contribution >= 0.6 is 11.3 Å². The van der Waals surface area contributed by atoms with Crippen LogP contribution in [-0.2, 0) is 23.0 Å². The van der Waals surface area contributed by atoms with E-state index in [2.05, 4.69) is 5.32 Å². The van der Waals surface area contributed by atoms with Crippen LogP contribution in [0.1, 0.15) is 24.5 Å². The van der Waals surface area contributed by atoms with Crippen molar-refractivity contribution in [3.63, 3.8) is 0 Å². The second-order valence-electron chi connectivity index (χ2n) is 4.82. The lowest BCUT2D eigenvalue weighted by Gasteiger charge is -2.16. The molecule has 0 saturated heterocycles. The molecule has 2 heterocycles. The van der Waals surface area contributed by atoms with E-state index < -0.39 is 10.0 Å². The number of nitrogens with one attached hydrogen (secondary N) is 1. The van der Waals surface area contributed by atoms with E-state index >= 15 is 0 Å². The van der Waals surface area contributed by atoms with E-state index in [1.807, 2.05) is 32.0 Å². The molecule has 0 unspecified atom stereocenters. The minimum atomic E-state index is -3.33. The molecule has 2 aromatic heterocycles. The maximum absolute atomic E-state index is 12.4. The smallest absolute Gasteiger partial charge is 0.252 e. The standard InChI is InChI=1S/C15H22N2O3S2/c1-3-17(4-2)22(18,19)15-8-7-14(21-15)9-10-16-12-13-6-5-11-20-13/h5-8,11,16H,3-4,9-10,12H2,1-2H3. The van der Waals surface area contributed by atoms with Crippen LogP contribution in [0.2, 0.25) is 0 Å². The van der Waals surface area contributed by atoms with Gasteiger partial charge in [-0.05, 0) is 30.7 Å². The summed E-state index contributed by atoms with van der Waals surface area (Å²) in [6.07, 6.45) is 2.46. The summed E-state index contributed by atoms with van der Waals surface area (Å²) < 4.78 is 32.0. The fourth-order valence-corrected chi connectivity index (χ4v) is 5.13. The van der Waals surface area contributed by atoms with Crippen LogP contribution in [0.3, 0.4) is 0 Å². The first kappa shape index (κ1) is 17.2. The Morgan fingerprint density at radius 1 is 1.23 bits per heavy atom. The molecule has 0 saturated carbocycles. The molecule has 0 radical (unpaired) electrons. The molecule has 7 heteroatoms. The van der Waals surface area contributed by atoms with Crippen molar-refractivity contribution in [1.82, 2.24) is 9.62 Å². The maximum Gasteiger partial charge on any atom is 0.252 e. The summed E-state index contributed by atoms with van der Waals surface area (Å²) in [5, 5.41) is 3.28. The van der Waals surface area contributed by atoms with Gasteiger partial charge in [-0.25, -0.2) is 8.42 Å². The van der Waals surface area contributed by atoms with Gasteiger partial charge in [0.2, 0.25) is 0 Å². The van der Waals surface area contributed by atoms with Crippen molar-refractivity contribution in [2.75, 3.05) is 19.6 Å². The molecule has 0 aliphatic rings. The van der Waals surface area contributed by atoms with E-state index in [9.17, 15) is 8.42 Å². The third-order valence-corrected chi connectivity index (χ3v) is 7.03. The average molecular weight is 342 g/mol. The molecule has 22 heavy (non-hydrogen) atoms. The molecular formula is C15H22N2O3S2. The van der Waals surface area contributed by atoms with Gasteiger partial charge in [0, 0.05) is 24.5 Å². The molecule has 0 aliphatic carbocycles. The lowest BCUT2D eigenvalue weighted by molar-refractivity contribution is 0.447. The molecule has 2 aromatic rings. The summed E-state index contributed by atoms with van der Waals surface area (Å²) in [6.45, 7) is 6.17. The molecule has 0 bridgehead atoms. The molecule has 1 N–H and O–H groups in total. The van der Waals surface area contributed by atoms with E-state index in [0.29, 0.717) is 23.8 Å². The van der Waals surface area contributed by atoms with Gasteiger partial charge in [-0.2, -0.15) is 4.31 Å². The largest absolute Gasteiger partial charge is 0.468 e. The van der Waals surface area contributed by atoms with Crippen LogP contribution in [0.4, 0.5) is 0 Å². The van der Waals surface area contributed by atoms with Crippen LogP contribution in [0, 0.1) is 0 Å². The van der Waals surface area contributed by atoms with Crippen molar-refractivity contribution in [2.24, 2.45) is 0 Å². The number of furan rings is 1. The third kappa shape index (κ3) is 4.19. The van der Waals surface area contributed by atoms with Gasteiger partial charge in [0.1, 0.15) is 9.97 Å². The lowest BCUT2D eigenvalue weighted by atomic mass is 10.3. The highest BCUT2D eigenvalue weighted by molar-refractivity contribution is 7.91. The van der Waals surface area contributed by atoms with Crippen molar-refractivity contribution < 1.29 is 12.8 Å². The van der Waals surface area contributed by atoms with Gasteiger partial charge in [0.15, 0.2) is 0 Å². The van der Waals surface area contributed by atoms with Crippen LogP contribution in [0.15, 0.2) is 39.2 Å². The predicted octanol–water partition coefficient (Wildman–Crippen LogP) is 2.70. The fourth-order valence-electron chi connectivity index (χ4n) is 2.16. The zero-order valence-electron chi connectivity index (χ0n) is 12.9. The Morgan fingerprint density at radius 3 is 2.64 bits per heavy atom. The minimum absolute atomic E-state index is 0.428.